The Balaban J connectivity index is 1.55. The highest BCUT2D eigenvalue weighted by Crippen LogP contribution is 2.22. The second kappa shape index (κ2) is 8.81. The van der Waals surface area contributed by atoms with Crippen LogP contribution in [-0.2, 0) is 4.79 Å². The Kier molecular flexibility index (Phi) is 6.21. The van der Waals surface area contributed by atoms with E-state index in [1.807, 2.05) is 0 Å². The highest BCUT2D eigenvalue weighted by atomic mass is 19.1. The third-order valence-corrected chi connectivity index (χ3v) is 4.96. The van der Waals surface area contributed by atoms with Gasteiger partial charge >= 0.3 is 0 Å². The lowest BCUT2D eigenvalue weighted by Crippen LogP contribution is -2.41. The second-order valence-corrected chi connectivity index (χ2v) is 6.84. The Bertz CT molecular complexity index is 923. The zero-order valence-electron chi connectivity index (χ0n) is 15.9. The predicted molar refractivity (Wildman–Crippen MR) is 103 cm³/mol. The molecule has 1 aliphatic heterocycles. The van der Waals surface area contributed by atoms with Crippen molar-refractivity contribution in [3.8, 4) is 0 Å². The number of likely N-dealkylation sites (tertiary alicyclic amines) is 1. The van der Waals surface area contributed by atoms with Crippen molar-refractivity contribution in [2.24, 2.45) is 5.92 Å². The first-order valence-electron chi connectivity index (χ1n) is 9.26. The third-order valence-electron chi connectivity index (χ3n) is 4.96. The fourth-order valence-corrected chi connectivity index (χ4v) is 3.27. The van der Waals surface area contributed by atoms with Crippen molar-refractivity contribution in [2.45, 2.75) is 12.8 Å². The molecule has 3 amide bonds. The molecule has 0 aliphatic carbocycles. The minimum absolute atomic E-state index is 0.169. The van der Waals surface area contributed by atoms with Crippen LogP contribution in [0, 0.1) is 17.6 Å². The number of amides is 3. The van der Waals surface area contributed by atoms with Crippen LogP contribution in [-0.4, -0.2) is 42.8 Å². The minimum Gasteiger partial charge on any atom is -0.355 e. The summed E-state index contributed by atoms with van der Waals surface area (Å²) in [5.41, 5.74) is 0.894. The molecule has 2 N–H and O–H groups in total. The summed E-state index contributed by atoms with van der Waals surface area (Å²) in [6.07, 6.45) is 0.882. The van der Waals surface area contributed by atoms with E-state index in [1.165, 1.54) is 4.90 Å². The smallest absolute Gasteiger partial charge is 0.256 e. The Morgan fingerprint density at radius 2 is 1.66 bits per heavy atom. The molecule has 1 heterocycles. The quantitative estimate of drug-likeness (QED) is 0.827. The molecule has 0 atom stereocenters. The van der Waals surface area contributed by atoms with Crippen molar-refractivity contribution >= 4 is 23.4 Å². The van der Waals surface area contributed by atoms with E-state index in [0.29, 0.717) is 43.2 Å². The summed E-state index contributed by atoms with van der Waals surface area (Å²) in [6.45, 7) is 0.618. The monoisotopic (exact) mass is 401 g/mol. The topological polar surface area (TPSA) is 78.5 Å². The van der Waals surface area contributed by atoms with Crippen molar-refractivity contribution in [1.82, 2.24) is 10.2 Å². The molecule has 0 saturated carbocycles. The molecule has 6 nitrogen and oxygen atoms in total. The fraction of sp³-hybridized carbons (Fsp3) is 0.286. The highest BCUT2D eigenvalue weighted by molar-refractivity contribution is 5.97. The van der Waals surface area contributed by atoms with Gasteiger partial charge in [-0.25, -0.2) is 8.78 Å². The number of anilines is 1. The molecule has 0 unspecified atom stereocenters. The van der Waals surface area contributed by atoms with Gasteiger partial charge in [-0.05, 0) is 49.2 Å². The molecule has 1 aliphatic rings. The van der Waals surface area contributed by atoms with E-state index in [9.17, 15) is 23.2 Å². The van der Waals surface area contributed by atoms with Gasteiger partial charge in [-0.2, -0.15) is 0 Å². The van der Waals surface area contributed by atoms with Crippen molar-refractivity contribution in [1.29, 1.82) is 0 Å². The molecule has 29 heavy (non-hydrogen) atoms. The van der Waals surface area contributed by atoms with Crippen LogP contribution in [0.25, 0.3) is 0 Å². The molecular weight excluding hydrogens is 380 g/mol. The lowest BCUT2D eigenvalue weighted by molar-refractivity contribution is -0.121. The third kappa shape index (κ3) is 4.77. The van der Waals surface area contributed by atoms with Gasteiger partial charge in [-0.15, -0.1) is 0 Å². The molecular formula is C21H21F2N3O3. The van der Waals surface area contributed by atoms with Crippen LogP contribution in [0.3, 0.4) is 0 Å². The summed E-state index contributed by atoms with van der Waals surface area (Å²) in [6, 6.07) is 9.40. The van der Waals surface area contributed by atoms with Gasteiger partial charge in [-0.1, -0.05) is 0 Å². The van der Waals surface area contributed by atoms with Crippen LogP contribution < -0.4 is 10.6 Å². The minimum atomic E-state index is -0.893. The van der Waals surface area contributed by atoms with Gasteiger partial charge in [-0.3, -0.25) is 14.4 Å². The Morgan fingerprint density at radius 1 is 1.00 bits per heavy atom. The van der Waals surface area contributed by atoms with Crippen LogP contribution in [0.1, 0.15) is 33.6 Å². The van der Waals surface area contributed by atoms with Crippen LogP contribution >= 0.6 is 0 Å². The Hall–Kier alpha value is -3.29. The summed E-state index contributed by atoms with van der Waals surface area (Å²) in [5, 5.41) is 5.34. The molecule has 1 saturated heterocycles. The molecule has 0 bridgehead atoms. The number of rotatable bonds is 4. The van der Waals surface area contributed by atoms with Crippen molar-refractivity contribution in [3.05, 3.63) is 65.2 Å². The molecule has 2 aromatic rings. The first-order chi connectivity index (χ1) is 13.9. The predicted octanol–water partition coefficient (Wildman–Crippen LogP) is 2.82. The molecule has 152 valence electrons. The van der Waals surface area contributed by atoms with Crippen LogP contribution in [0.5, 0.6) is 0 Å². The Morgan fingerprint density at radius 3 is 2.24 bits per heavy atom. The van der Waals surface area contributed by atoms with Gasteiger partial charge in [0.25, 0.3) is 11.8 Å². The standard InChI is InChI=1S/C21H21F2N3O3/c1-24-19(27)13-2-5-16(6-3-13)25-20(28)14-8-10-26(11-9-14)21(29)17-7-4-15(22)12-18(17)23/h2-7,12,14H,8-11H2,1H3,(H,24,27)(H,25,28). The molecule has 8 heteroatoms. The van der Waals surface area contributed by atoms with E-state index in [-0.39, 0.29) is 23.3 Å². The number of benzene rings is 2. The summed E-state index contributed by atoms with van der Waals surface area (Å²) >= 11 is 0. The van der Waals surface area contributed by atoms with Crippen molar-refractivity contribution < 1.29 is 23.2 Å². The highest BCUT2D eigenvalue weighted by Gasteiger charge is 2.29. The number of halogens is 2. The maximum atomic E-state index is 13.8. The van der Waals surface area contributed by atoms with E-state index < -0.39 is 17.5 Å². The second-order valence-electron chi connectivity index (χ2n) is 6.84. The summed E-state index contributed by atoms with van der Waals surface area (Å²) in [5.74, 6) is -2.80. The van der Waals surface area contributed by atoms with E-state index in [0.717, 1.165) is 12.1 Å². The number of hydrogen-bond acceptors (Lipinski definition) is 3. The average Bonchev–Trinajstić information content (AvgIpc) is 2.73. The van der Waals surface area contributed by atoms with E-state index in [2.05, 4.69) is 10.6 Å². The summed E-state index contributed by atoms with van der Waals surface area (Å²) in [7, 11) is 1.54. The van der Waals surface area contributed by atoms with Crippen LogP contribution in [0.2, 0.25) is 0 Å². The van der Waals surface area contributed by atoms with Gasteiger partial charge in [0, 0.05) is 43.4 Å². The SMILES string of the molecule is CNC(=O)c1ccc(NC(=O)C2CCN(C(=O)c3ccc(F)cc3F)CC2)cc1. The number of piperidine rings is 1. The van der Waals surface area contributed by atoms with E-state index in [4.69, 9.17) is 0 Å². The summed E-state index contributed by atoms with van der Waals surface area (Å²) in [4.78, 5) is 37.9. The number of hydrogen-bond donors (Lipinski definition) is 2. The normalized spacial score (nSPS) is 14.4. The Labute approximate surface area is 166 Å². The number of carbonyl (C=O) groups is 3. The maximum Gasteiger partial charge on any atom is 0.256 e. The first-order valence-corrected chi connectivity index (χ1v) is 9.26. The zero-order chi connectivity index (χ0) is 21.0. The maximum absolute atomic E-state index is 13.8. The van der Waals surface area contributed by atoms with E-state index in [1.54, 1.807) is 31.3 Å². The molecule has 0 aromatic heterocycles. The molecule has 0 radical (unpaired) electrons. The first kappa shape index (κ1) is 20.4. The molecule has 3 rings (SSSR count). The molecule has 2 aromatic carbocycles. The lowest BCUT2D eigenvalue weighted by atomic mass is 9.95. The van der Waals surface area contributed by atoms with Crippen LogP contribution in [0.4, 0.5) is 14.5 Å². The number of nitrogens with zero attached hydrogens (tertiary/aromatic N) is 1. The van der Waals surface area contributed by atoms with Gasteiger partial charge in [0.1, 0.15) is 11.6 Å². The van der Waals surface area contributed by atoms with Crippen LogP contribution in [0.15, 0.2) is 42.5 Å². The van der Waals surface area contributed by atoms with E-state index >= 15 is 0 Å². The zero-order valence-corrected chi connectivity index (χ0v) is 15.9. The molecule has 1 fully saturated rings. The fourth-order valence-electron chi connectivity index (χ4n) is 3.27. The largest absolute Gasteiger partial charge is 0.355 e. The average molecular weight is 401 g/mol. The number of carbonyl (C=O) groups excluding carboxylic acids is 3. The number of nitrogens with one attached hydrogen (secondary N) is 2. The lowest BCUT2D eigenvalue weighted by Gasteiger charge is -2.31. The van der Waals surface area contributed by atoms with Gasteiger partial charge < -0.3 is 15.5 Å². The van der Waals surface area contributed by atoms with Crippen molar-refractivity contribution in [3.63, 3.8) is 0 Å². The van der Waals surface area contributed by atoms with Gasteiger partial charge in [0.2, 0.25) is 5.91 Å². The van der Waals surface area contributed by atoms with Crippen molar-refractivity contribution in [2.75, 3.05) is 25.5 Å². The van der Waals surface area contributed by atoms with Gasteiger partial charge in [0.15, 0.2) is 0 Å². The molecule has 0 spiro atoms. The summed E-state index contributed by atoms with van der Waals surface area (Å²) < 4.78 is 26.9. The van der Waals surface area contributed by atoms with Gasteiger partial charge in [0.05, 0.1) is 5.56 Å².